The molecule has 1 aromatic carbocycles. The summed E-state index contributed by atoms with van der Waals surface area (Å²) in [5.74, 6) is 0. The zero-order valence-electron chi connectivity index (χ0n) is 12.6. The third kappa shape index (κ3) is 3.51. The van der Waals surface area contributed by atoms with Gasteiger partial charge in [0, 0.05) is 17.8 Å². The summed E-state index contributed by atoms with van der Waals surface area (Å²) in [4.78, 5) is 0.348. The minimum absolute atomic E-state index is 0.102. The van der Waals surface area contributed by atoms with E-state index in [4.69, 9.17) is 22.2 Å². The van der Waals surface area contributed by atoms with Gasteiger partial charge < -0.3 is 10.1 Å². The van der Waals surface area contributed by atoms with Crippen LogP contribution in [-0.2, 0) is 21.2 Å². The van der Waals surface area contributed by atoms with E-state index in [1.807, 2.05) is 13.0 Å². The molecule has 2 N–H and O–H groups in total. The van der Waals surface area contributed by atoms with Gasteiger partial charge >= 0.3 is 0 Å². The van der Waals surface area contributed by atoms with Crippen molar-refractivity contribution in [1.29, 1.82) is 5.26 Å². The van der Waals surface area contributed by atoms with E-state index in [1.54, 1.807) is 18.2 Å². The molecule has 0 spiro atoms. The Labute approximate surface area is 149 Å². The maximum atomic E-state index is 12.4. The molecule has 1 atom stereocenters. The number of hydrogen-bond acceptors (Lipinski definition) is 6. The fourth-order valence-electron chi connectivity index (χ4n) is 2.35. The molecule has 0 radical (unpaired) electrons. The zero-order valence-corrected chi connectivity index (χ0v) is 15.0. The fourth-order valence-corrected chi connectivity index (χ4v) is 4.78. The van der Waals surface area contributed by atoms with Crippen LogP contribution in [0.4, 0.5) is 11.4 Å². The summed E-state index contributed by atoms with van der Waals surface area (Å²) >= 11 is 6.00. The van der Waals surface area contributed by atoms with E-state index in [1.165, 1.54) is 12.1 Å². The molecule has 24 heavy (non-hydrogen) atoms. The van der Waals surface area contributed by atoms with Gasteiger partial charge in [-0.05, 0) is 55.0 Å². The molecule has 1 unspecified atom stereocenters. The van der Waals surface area contributed by atoms with E-state index in [2.05, 4.69) is 10.0 Å². The molecule has 0 fully saturated rings. The van der Waals surface area contributed by atoms with Crippen LogP contribution in [0.3, 0.4) is 0 Å². The third-order valence-corrected chi connectivity index (χ3v) is 6.43. The maximum absolute atomic E-state index is 12.4. The first-order valence-corrected chi connectivity index (χ1v) is 9.71. The van der Waals surface area contributed by atoms with Crippen LogP contribution in [0.2, 0.25) is 0 Å². The van der Waals surface area contributed by atoms with Crippen molar-refractivity contribution in [3.63, 3.8) is 0 Å². The number of rotatable bonds is 3. The molecule has 9 heteroatoms. The number of fused-ring (bicyclic) bond motifs is 1. The average molecular weight is 379 g/mol. The molecule has 2 heterocycles. The molecule has 2 aromatic rings. The predicted molar refractivity (Wildman–Crippen MR) is 96.8 cm³/mol. The number of sulfonamides is 1. The predicted octanol–water partition coefficient (Wildman–Crippen LogP) is 3.08. The highest BCUT2D eigenvalue weighted by molar-refractivity contribution is 7.94. The first-order chi connectivity index (χ1) is 11.4. The number of nitrogens with zero attached hydrogens (tertiary/aromatic N) is 1. The lowest BCUT2D eigenvalue weighted by Gasteiger charge is -2.11. The van der Waals surface area contributed by atoms with Crippen LogP contribution in [0.15, 0.2) is 34.5 Å². The van der Waals surface area contributed by atoms with Gasteiger partial charge in [0.25, 0.3) is 15.2 Å². The Balaban J connectivity index is 1.88. The van der Waals surface area contributed by atoms with Crippen molar-refractivity contribution in [2.45, 2.75) is 23.7 Å². The fraction of sp³-hybridized carbons (Fsp3) is 0.200. The van der Waals surface area contributed by atoms with Crippen molar-refractivity contribution < 1.29 is 13.2 Å². The summed E-state index contributed by atoms with van der Waals surface area (Å²) in [5.41, 5.74) is 2.16. The summed E-state index contributed by atoms with van der Waals surface area (Å²) in [6, 6.07) is 10.0. The van der Waals surface area contributed by atoms with E-state index >= 15 is 0 Å². The van der Waals surface area contributed by atoms with E-state index in [9.17, 15) is 8.42 Å². The van der Waals surface area contributed by atoms with Crippen molar-refractivity contribution in [1.82, 2.24) is 0 Å². The molecule has 6 nitrogen and oxygen atoms in total. The topological polar surface area (TPSA) is 91.2 Å². The highest BCUT2D eigenvalue weighted by Gasteiger charge is 2.20. The standard InChI is InChI=1S/C15H13N3O3S3/c1-9-6-10-7-11(2-4-13(10)17-15(22)21-9)18-24(19,20)14-5-3-12(8-16)23-14/h2-5,7,9,18H,6H2,1H3,(H,17,22). The lowest BCUT2D eigenvalue weighted by molar-refractivity contribution is 0.217. The molecule has 0 bridgehead atoms. The monoisotopic (exact) mass is 379 g/mol. The van der Waals surface area contributed by atoms with Gasteiger partial charge in [0.15, 0.2) is 0 Å². The Morgan fingerprint density at radius 2 is 2.21 bits per heavy atom. The molecular formula is C15H13N3O3S3. The van der Waals surface area contributed by atoms with E-state index < -0.39 is 10.0 Å². The molecule has 3 rings (SSSR count). The molecule has 124 valence electrons. The summed E-state index contributed by atoms with van der Waals surface area (Å²) < 4.78 is 32.9. The summed E-state index contributed by atoms with van der Waals surface area (Å²) in [5, 5.41) is 12.1. The lowest BCUT2D eigenvalue weighted by Crippen LogP contribution is -2.16. The zero-order chi connectivity index (χ0) is 17.3. The van der Waals surface area contributed by atoms with Crippen LogP contribution in [0.25, 0.3) is 0 Å². The number of ether oxygens (including phenoxy) is 1. The van der Waals surface area contributed by atoms with Crippen molar-refractivity contribution in [3.05, 3.63) is 40.8 Å². The van der Waals surface area contributed by atoms with Crippen molar-refractivity contribution >= 4 is 50.1 Å². The molecule has 0 saturated carbocycles. The second kappa shape index (κ2) is 6.39. The number of benzene rings is 1. The van der Waals surface area contributed by atoms with Crippen LogP contribution >= 0.6 is 23.6 Å². The molecule has 0 aliphatic carbocycles. The number of nitrogens with one attached hydrogen (secondary N) is 2. The van der Waals surface area contributed by atoms with Crippen molar-refractivity contribution in [2.24, 2.45) is 0 Å². The normalized spacial score (nSPS) is 17.0. The first-order valence-electron chi connectivity index (χ1n) is 7.01. The van der Waals surface area contributed by atoms with Crippen LogP contribution in [-0.4, -0.2) is 19.7 Å². The quantitative estimate of drug-likeness (QED) is 0.797. The van der Waals surface area contributed by atoms with Gasteiger partial charge in [0.2, 0.25) is 0 Å². The summed E-state index contributed by atoms with van der Waals surface area (Å²) in [6.07, 6.45) is 0.504. The lowest BCUT2D eigenvalue weighted by atomic mass is 10.1. The minimum Gasteiger partial charge on any atom is -0.467 e. The molecule has 1 aliphatic rings. The summed E-state index contributed by atoms with van der Waals surface area (Å²) in [7, 11) is -3.72. The summed E-state index contributed by atoms with van der Waals surface area (Å²) in [6.45, 7) is 1.90. The number of thiocarbonyl (C=S) groups is 1. The Morgan fingerprint density at radius 3 is 2.92 bits per heavy atom. The Bertz CT molecular complexity index is 944. The van der Waals surface area contributed by atoms with Gasteiger partial charge in [-0.25, -0.2) is 8.42 Å². The highest BCUT2D eigenvalue weighted by Crippen LogP contribution is 2.28. The van der Waals surface area contributed by atoms with E-state index in [0.29, 0.717) is 22.2 Å². The number of thiophene rings is 1. The van der Waals surface area contributed by atoms with Gasteiger partial charge in [-0.1, -0.05) is 0 Å². The number of anilines is 2. The van der Waals surface area contributed by atoms with Gasteiger partial charge in [-0.3, -0.25) is 4.72 Å². The average Bonchev–Trinajstić information content (AvgIpc) is 2.94. The van der Waals surface area contributed by atoms with Crippen molar-refractivity contribution in [2.75, 3.05) is 10.0 Å². The van der Waals surface area contributed by atoms with Crippen LogP contribution in [0.5, 0.6) is 0 Å². The van der Waals surface area contributed by atoms with Crippen molar-refractivity contribution in [3.8, 4) is 6.07 Å². The third-order valence-electron chi connectivity index (χ3n) is 3.37. The largest absolute Gasteiger partial charge is 0.467 e. The van der Waals surface area contributed by atoms with E-state index in [-0.39, 0.29) is 10.3 Å². The van der Waals surface area contributed by atoms with Crippen LogP contribution < -0.4 is 10.0 Å². The maximum Gasteiger partial charge on any atom is 0.271 e. The van der Waals surface area contributed by atoms with Gasteiger partial charge in [-0.15, -0.1) is 11.3 Å². The van der Waals surface area contributed by atoms with Gasteiger partial charge in [0.05, 0.1) is 0 Å². The SMILES string of the molecule is CC1Cc2cc(NS(=O)(=O)c3ccc(C#N)s3)ccc2NC(=S)O1. The second-order valence-electron chi connectivity index (χ2n) is 5.25. The number of nitriles is 1. The van der Waals surface area contributed by atoms with Gasteiger partial charge in [0.1, 0.15) is 21.3 Å². The van der Waals surface area contributed by atoms with Crippen LogP contribution in [0.1, 0.15) is 17.4 Å². The second-order valence-corrected chi connectivity index (χ2v) is 8.62. The Morgan fingerprint density at radius 1 is 1.42 bits per heavy atom. The van der Waals surface area contributed by atoms with E-state index in [0.717, 1.165) is 22.6 Å². The first kappa shape index (κ1) is 16.7. The molecule has 0 saturated heterocycles. The Kier molecular flexibility index (Phi) is 4.45. The number of hydrogen-bond donors (Lipinski definition) is 2. The Hall–Kier alpha value is -2.15. The van der Waals surface area contributed by atoms with Crippen LogP contribution in [0, 0.1) is 11.3 Å². The highest BCUT2D eigenvalue weighted by atomic mass is 32.2. The molecular weight excluding hydrogens is 366 g/mol. The molecule has 1 aliphatic heterocycles. The molecule has 0 amide bonds. The molecule has 1 aromatic heterocycles. The smallest absolute Gasteiger partial charge is 0.271 e. The van der Waals surface area contributed by atoms with Gasteiger partial charge in [-0.2, -0.15) is 5.26 Å². The minimum atomic E-state index is -3.72.